The standard InChI is InChI=1S/C22H22N4O2.C2HF3O2/c1-24-14-20(27)26(19-5-3-2-4-6-19)16-22(24)11-12-25(15-22)21(28)18-9-7-17(13-23)8-10-18;3-2(4,5)1(6)7/h2-10H,11-12,14-16H2,1H3;(H,6,7). The van der Waals surface area contributed by atoms with Gasteiger partial charge in [0.2, 0.25) is 5.91 Å². The highest BCUT2D eigenvalue weighted by molar-refractivity contribution is 5.97. The number of carbonyl (C=O) groups is 3. The largest absolute Gasteiger partial charge is 0.490 e. The zero-order chi connectivity index (χ0) is 25.8. The van der Waals surface area contributed by atoms with E-state index < -0.39 is 12.1 Å². The second kappa shape index (κ2) is 10.1. The van der Waals surface area contributed by atoms with Crippen molar-refractivity contribution in [2.45, 2.75) is 18.1 Å². The Balaban J connectivity index is 0.000000429. The molecular weight excluding hydrogens is 465 g/mol. The van der Waals surface area contributed by atoms with Crippen molar-refractivity contribution in [3.05, 3.63) is 65.7 Å². The number of likely N-dealkylation sites (tertiary alicyclic amines) is 1. The maximum absolute atomic E-state index is 12.9. The van der Waals surface area contributed by atoms with Crippen LogP contribution in [-0.4, -0.2) is 77.6 Å². The lowest BCUT2D eigenvalue weighted by molar-refractivity contribution is -0.192. The first-order chi connectivity index (χ1) is 16.5. The van der Waals surface area contributed by atoms with E-state index in [1.165, 1.54) is 0 Å². The molecular formula is C24H23F3N4O4. The molecule has 0 saturated carbocycles. The van der Waals surface area contributed by atoms with Crippen molar-refractivity contribution >= 4 is 23.5 Å². The number of para-hydroxylation sites is 1. The van der Waals surface area contributed by atoms with Crippen molar-refractivity contribution < 1.29 is 32.7 Å². The van der Waals surface area contributed by atoms with Crippen LogP contribution in [0.2, 0.25) is 0 Å². The zero-order valence-electron chi connectivity index (χ0n) is 18.8. The number of benzene rings is 2. The number of anilines is 1. The number of carbonyl (C=O) groups excluding carboxylic acids is 2. The zero-order valence-corrected chi connectivity index (χ0v) is 18.8. The van der Waals surface area contributed by atoms with Crippen LogP contribution in [-0.2, 0) is 9.59 Å². The highest BCUT2D eigenvalue weighted by Gasteiger charge is 2.48. The van der Waals surface area contributed by atoms with Gasteiger partial charge in [-0.15, -0.1) is 0 Å². The summed E-state index contributed by atoms with van der Waals surface area (Å²) >= 11 is 0. The van der Waals surface area contributed by atoms with Crippen molar-refractivity contribution in [3.63, 3.8) is 0 Å². The van der Waals surface area contributed by atoms with Gasteiger partial charge in [0.15, 0.2) is 0 Å². The number of likely N-dealkylation sites (N-methyl/N-ethyl adjacent to an activating group) is 1. The topological polar surface area (TPSA) is 105 Å². The van der Waals surface area contributed by atoms with Crippen LogP contribution in [0.25, 0.3) is 0 Å². The van der Waals surface area contributed by atoms with Gasteiger partial charge in [-0.05, 0) is 49.9 Å². The van der Waals surface area contributed by atoms with Gasteiger partial charge >= 0.3 is 12.1 Å². The summed E-state index contributed by atoms with van der Waals surface area (Å²) in [5.74, 6) is -2.71. The first-order valence-corrected chi connectivity index (χ1v) is 10.6. The van der Waals surface area contributed by atoms with Crippen LogP contribution in [0.3, 0.4) is 0 Å². The third-order valence-corrected chi connectivity index (χ3v) is 6.13. The molecule has 8 nitrogen and oxygen atoms in total. The summed E-state index contributed by atoms with van der Waals surface area (Å²) in [5.41, 5.74) is 1.78. The molecule has 0 aromatic heterocycles. The quantitative estimate of drug-likeness (QED) is 0.697. The summed E-state index contributed by atoms with van der Waals surface area (Å²) in [6.45, 7) is 2.15. The van der Waals surface area contributed by atoms with Gasteiger partial charge in [0.05, 0.1) is 23.7 Å². The van der Waals surface area contributed by atoms with Gasteiger partial charge < -0.3 is 14.9 Å². The second-order valence-electron chi connectivity index (χ2n) is 8.36. The number of carboxylic acid groups (broad SMARTS) is 1. The van der Waals surface area contributed by atoms with Crippen molar-refractivity contribution in [1.29, 1.82) is 5.26 Å². The second-order valence-corrected chi connectivity index (χ2v) is 8.36. The van der Waals surface area contributed by atoms with E-state index in [1.807, 2.05) is 47.2 Å². The molecule has 11 heteroatoms. The molecule has 2 fully saturated rings. The molecule has 0 aliphatic carbocycles. The maximum Gasteiger partial charge on any atom is 0.490 e. The number of carboxylic acids is 1. The molecule has 2 heterocycles. The van der Waals surface area contributed by atoms with Crippen molar-refractivity contribution in [1.82, 2.24) is 9.80 Å². The summed E-state index contributed by atoms with van der Waals surface area (Å²) in [6.07, 6.45) is -4.26. The average molecular weight is 488 g/mol. The molecule has 1 atom stereocenters. The van der Waals surface area contributed by atoms with Crippen molar-refractivity contribution in [3.8, 4) is 6.07 Å². The number of aliphatic carboxylic acids is 1. The third-order valence-electron chi connectivity index (χ3n) is 6.13. The summed E-state index contributed by atoms with van der Waals surface area (Å²) in [6, 6.07) is 18.5. The van der Waals surface area contributed by atoms with E-state index in [0.717, 1.165) is 12.1 Å². The smallest absolute Gasteiger partial charge is 0.475 e. The minimum absolute atomic E-state index is 0.0297. The summed E-state index contributed by atoms with van der Waals surface area (Å²) < 4.78 is 31.7. The summed E-state index contributed by atoms with van der Waals surface area (Å²) in [7, 11) is 1.97. The molecule has 35 heavy (non-hydrogen) atoms. The Morgan fingerprint density at radius 1 is 1.06 bits per heavy atom. The molecule has 4 rings (SSSR count). The number of hydrogen-bond acceptors (Lipinski definition) is 5. The lowest BCUT2D eigenvalue weighted by Crippen LogP contribution is -2.64. The van der Waals surface area contributed by atoms with Gasteiger partial charge in [0, 0.05) is 30.9 Å². The van der Waals surface area contributed by atoms with Gasteiger partial charge in [-0.25, -0.2) is 4.79 Å². The Hall–Kier alpha value is -3.91. The number of amides is 2. The minimum atomic E-state index is -5.08. The van der Waals surface area contributed by atoms with Crippen LogP contribution in [0, 0.1) is 11.3 Å². The monoisotopic (exact) mass is 488 g/mol. The number of rotatable bonds is 2. The molecule has 2 aromatic rings. The van der Waals surface area contributed by atoms with E-state index >= 15 is 0 Å². The van der Waals surface area contributed by atoms with Crippen LogP contribution in [0.1, 0.15) is 22.3 Å². The normalized spacial score (nSPS) is 20.3. The van der Waals surface area contributed by atoms with Crippen molar-refractivity contribution in [2.24, 2.45) is 0 Å². The Morgan fingerprint density at radius 3 is 2.20 bits per heavy atom. The van der Waals surface area contributed by atoms with Crippen LogP contribution >= 0.6 is 0 Å². The van der Waals surface area contributed by atoms with Crippen LogP contribution < -0.4 is 4.90 Å². The molecule has 0 bridgehead atoms. The van der Waals surface area contributed by atoms with Gasteiger partial charge in [0.1, 0.15) is 0 Å². The lowest BCUT2D eigenvalue weighted by atomic mass is 9.92. The molecule has 1 N–H and O–H groups in total. The number of halogens is 3. The van der Waals surface area contributed by atoms with Gasteiger partial charge in [0.25, 0.3) is 5.91 Å². The number of nitrogens with zero attached hydrogens (tertiary/aromatic N) is 4. The van der Waals surface area contributed by atoms with Gasteiger partial charge in [-0.3, -0.25) is 14.5 Å². The van der Waals surface area contributed by atoms with E-state index in [0.29, 0.717) is 37.3 Å². The van der Waals surface area contributed by atoms with Gasteiger partial charge in [-0.2, -0.15) is 18.4 Å². The number of alkyl halides is 3. The summed E-state index contributed by atoms with van der Waals surface area (Å²) in [4.78, 5) is 40.3. The first kappa shape index (κ1) is 25.7. The molecule has 0 radical (unpaired) electrons. The highest BCUT2D eigenvalue weighted by atomic mass is 19.4. The Bertz CT molecular complexity index is 1130. The average Bonchev–Trinajstić information content (AvgIpc) is 3.27. The fourth-order valence-electron chi connectivity index (χ4n) is 4.14. The molecule has 2 aromatic carbocycles. The molecule has 2 saturated heterocycles. The Morgan fingerprint density at radius 2 is 1.66 bits per heavy atom. The van der Waals surface area contributed by atoms with E-state index in [2.05, 4.69) is 11.0 Å². The highest BCUT2D eigenvalue weighted by Crippen LogP contribution is 2.34. The molecule has 184 valence electrons. The van der Waals surface area contributed by atoms with E-state index in [-0.39, 0.29) is 17.4 Å². The predicted molar refractivity (Wildman–Crippen MR) is 120 cm³/mol. The first-order valence-electron chi connectivity index (χ1n) is 10.6. The van der Waals surface area contributed by atoms with E-state index in [1.54, 1.807) is 24.3 Å². The number of hydrogen-bond donors (Lipinski definition) is 1. The number of piperazine rings is 1. The van der Waals surface area contributed by atoms with Crippen LogP contribution in [0.5, 0.6) is 0 Å². The van der Waals surface area contributed by atoms with E-state index in [9.17, 15) is 22.8 Å². The van der Waals surface area contributed by atoms with Crippen molar-refractivity contribution in [2.75, 3.05) is 38.1 Å². The fraction of sp³-hybridized carbons (Fsp3) is 0.333. The summed E-state index contributed by atoms with van der Waals surface area (Å²) in [5, 5.41) is 16.1. The molecule has 2 amide bonds. The van der Waals surface area contributed by atoms with E-state index in [4.69, 9.17) is 15.2 Å². The molecule has 1 spiro atoms. The Labute approximate surface area is 199 Å². The number of nitriles is 1. The molecule has 1 unspecified atom stereocenters. The maximum atomic E-state index is 12.9. The lowest BCUT2D eigenvalue weighted by Gasteiger charge is -2.46. The Kier molecular flexibility index (Phi) is 7.45. The fourth-order valence-corrected chi connectivity index (χ4v) is 4.14. The third kappa shape index (κ3) is 5.78. The minimum Gasteiger partial charge on any atom is -0.475 e. The predicted octanol–water partition coefficient (Wildman–Crippen LogP) is 2.75. The SMILES string of the molecule is CN1CC(=O)N(c2ccccc2)CC12CCN(C(=O)c1ccc(C#N)cc1)C2.O=C(O)C(F)(F)F. The molecule has 2 aliphatic heterocycles. The molecule has 2 aliphatic rings. The van der Waals surface area contributed by atoms with Gasteiger partial charge in [-0.1, -0.05) is 18.2 Å². The van der Waals surface area contributed by atoms with Crippen LogP contribution in [0.4, 0.5) is 18.9 Å². The van der Waals surface area contributed by atoms with Crippen LogP contribution in [0.15, 0.2) is 54.6 Å².